The fraction of sp³-hybridized carbons (Fsp3) is 0.214. The van der Waals surface area contributed by atoms with Gasteiger partial charge in [0.2, 0.25) is 11.8 Å². The lowest BCUT2D eigenvalue weighted by molar-refractivity contribution is -0.114. The molecule has 2 aromatic rings. The third-order valence-corrected chi connectivity index (χ3v) is 4.29. The minimum absolute atomic E-state index is 0.0681. The van der Waals surface area contributed by atoms with Crippen molar-refractivity contribution in [2.24, 2.45) is 0 Å². The number of amides is 2. The average molecular weight is 339 g/mol. The van der Waals surface area contributed by atoms with Crippen LogP contribution < -0.4 is 10.6 Å². The standard InChI is InChI=1S/C14H14FN3O2S2/c1-9-6-22-14(16-9)18-13(20)8-21-7-12(19)17-11-5-3-2-4-10(11)15/h2-6H,7-8H2,1H3,(H,17,19)(H,16,18,20). The topological polar surface area (TPSA) is 71.1 Å². The number of carbonyl (C=O) groups excluding carboxylic acids is 2. The van der Waals surface area contributed by atoms with Crippen LogP contribution in [-0.2, 0) is 9.59 Å². The van der Waals surface area contributed by atoms with E-state index in [9.17, 15) is 14.0 Å². The Morgan fingerprint density at radius 1 is 1.23 bits per heavy atom. The highest BCUT2D eigenvalue weighted by atomic mass is 32.2. The number of benzene rings is 1. The maximum atomic E-state index is 13.4. The number of para-hydroxylation sites is 1. The van der Waals surface area contributed by atoms with Crippen LogP contribution >= 0.6 is 23.1 Å². The summed E-state index contributed by atoms with van der Waals surface area (Å²) in [6, 6.07) is 5.93. The second-order valence-corrected chi connectivity index (χ2v) is 6.21. The molecule has 22 heavy (non-hydrogen) atoms. The van der Waals surface area contributed by atoms with Crippen LogP contribution in [0.15, 0.2) is 29.6 Å². The third kappa shape index (κ3) is 5.12. The molecule has 0 spiro atoms. The van der Waals surface area contributed by atoms with Crippen LogP contribution in [0.25, 0.3) is 0 Å². The van der Waals surface area contributed by atoms with E-state index in [0.29, 0.717) is 5.13 Å². The van der Waals surface area contributed by atoms with Gasteiger partial charge >= 0.3 is 0 Å². The predicted molar refractivity (Wildman–Crippen MR) is 87.8 cm³/mol. The molecule has 0 radical (unpaired) electrons. The minimum atomic E-state index is -0.488. The number of rotatable bonds is 6. The molecule has 0 bridgehead atoms. The van der Waals surface area contributed by atoms with Crippen molar-refractivity contribution in [3.05, 3.63) is 41.2 Å². The van der Waals surface area contributed by atoms with E-state index in [1.165, 1.54) is 23.5 Å². The monoisotopic (exact) mass is 339 g/mol. The Balaban J connectivity index is 1.70. The number of hydrogen-bond donors (Lipinski definition) is 2. The van der Waals surface area contributed by atoms with E-state index >= 15 is 0 Å². The van der Waals surface area contributed by atoms with Crippen LogP contribution in [-0.4, -0.2) is 28.3 Å². The second kappa shape index (κ2) is 7.90. The smallest absolute Gasteiger partial charge is 0.236 e. The molecule has 0 saturated carbocycles. The lowest BCUT2D eigenvalue weighted by Crippen LogP contribution is -2.18. The molecule has 2 N–H and O–H groups in total. The molecule has 5 nitrogen and oxygen atoms in total. The summed E-state index contributed by atoms with van der Waals surface area (Å²) in [5.74, 6) is -0.870. The predicted octanol–water partition coefficient (Wildman–Crippen LogP) is 2.90. The number of halogens is 1. The number of carbonyl (C=O) groups is 2. The van der Waals surface area contributed by atoms with Crippen molar-refractivity contribution in [2.45, 2.75) is 6.92 Å². The van der Waals surface area contributed by atoms with Gasteiger partial charge in [-0.1, -0.05) is 12.1 Å². The van der Waals surface area contributed by atoms with Crippen LogP contribution in [0, 0.1) is 12.7 Å². The molecule has 0 saturated heterocycles. The Hall–Kier alpha value is -1.93. The molecule has 0 aliphatic rings. The molecule has 0 aliphatic heterocycles. The fourth-order valence-electron chi connectivity index (χ4n) is 1.55. The van der Waals surface area contributed by atoms with Crippen molar-refractivity contribution in [1.82, 2.24) is 4.98 Å². The Kier molecular flexibility index (Phi) is 5.91. The molecular formula is C14H14FN3O2S2. The molecule has 116 valence electrons. The van der Waals surface area contributed by atoms with E-state index in [2.05, 4.69) is 15.6 Å². The number of hydrogen-bond acceptors (Lipinski definition) is 5. The number of nitrogens with one attached hydrogen (secondary N) is 2. The second-order valence-electron chi connectivity index (χ2n) is 4.36. The Morgan fingerprint density at radius 2 is 1.91 bits per heavy atom. The van der Waals surface area contributed by atoms with Crippen molar-refractivity contribution in [3.8, 4) is 0 Å². The van der Waals surface area contributed by atoms with E-state index < -0.39 is 5.82 Å². The summed E-state index contributed by atoms with van der Waals surface area (Å²) in [6.45, 7) is 1.84. The highest BCUT2D eigenvalue weighted by Gasteiger charge is 2.09. The summed E-state index contributed by atoms with van der Waals surface area (Å²) in [4.78, 5) is 27.4. The molecule has 1 heterocycles. The van der Waals surface area contributed by atoms with Gasteiger partial charge in [0.15, 0.2) is 5.13 Å². The molecule has 1 aromatic heterocycles. The van der Waals surface area contributed by atoms with Crippen molar-refractivity contribution >= 4 is 45.7 Å². The molecule has 0 unspecified atom stereocenters. The van der Waals surface area contributed by atoms with Crippen LogP contribution in [0.3, 0.4) is 0 Å². The molecule has 1 aromatic carbocycles. The minimum Gasteiger partial charge on any atom is -0.323 e. The van der Waals surface area contributed by atoms with Gasteiger partial charge in [0.1, 0.15) is 5.82 Å². The first-order chi connectivity index (χ1) is 10.5. The zero-order chi connectivity index (χ0) is 15.9. The van der Waals surface area contributed by atoms with Gasteiger partial charge in [-0.05, 0) is 19.1 Å². The average Bonchev–Trinajstić information content (AvgIpc) is 2.86. The summed E-state index contributed by atoms with van der Waals surface area (Å²) in [5, 5.41) is 7.49. The first kappa shape index (κ1) is 16.4. The normalized spacial score (nSPS) is 10.3. The number of aromatic nitrogens is 1. The van der Waals surface area contributed by atoms with E-state index in [-0.39, 0.29) is 29.0 Å². The van der Waals surface area contributed by atoms with Crippen LogP contribution in [0.4, 0.5) is 15.2 Å². The molecule has 8 heteroatoms. The Morgan fingerprint density at radius 3 is 2.55 bits per heavy atom. The lowest BCUT2D eigenvalue weighted by atomic mass is 10.3. The summed E-state index contributed by atoms with van der Waals surface area (Å²) in [6.07, 6.45) is 0. The highest BCUT2D eigenvalue weighted by Crippen LogP contribution is 2.15. The van der Waals surface area contributed by atoms with Gasteiger partial charge in [-0.15, -0.1) is 23.1 Å². The van der Waals surface area contributed by atoms with Gasteiger partial charge in [-0.3, -0.25) is 9.59 Å². The summed E-state index contributed by atoms with van der Waals surface area (Å²) >= 11 is 2.50. The quantitative estimate of drug-likeness (QED) is 0.849. The Labute approximate surface area is 135 Å². The molecule has 2 rings (SSSR count). The lowest BCUT2D eigenvalue weighted by Gasteiger charge is -2.06. The SMILES string of the molecule is Cc1csc(NC(=O)CSCC(=O)Nc2ccccc2F)n1. The first-order valence-corrected chi connectivity index (χ1v) is 8.42. The zero-order valence-electron chi connectivity index (χ0n) is 11.8. The maximum Gasteiger partial charge on any atom is 0.236 e. The van der Waals surface area contributed by atoms with E-state index in [0.717, 1.165) is 17.5 Å². The van der Waals surface area contributed by atoms with Gasteiger partial charge in [0.05, 0.1) is 22.9 Å². The molecular weight excluding hydrogens is 325 g/mol. The number of anilines is 2. The zero-order valence-corrected chi connectivity index (χ0v) is 13.4. The largest absolute Gasteiger partial charge is 0.323 e. The third-order valence-electron chi connectivity index (χ3n) is 2.48. The summed E-state index contributed by atoms with van der Waals surface area (Å²) in [5.41, 5.74) is 0.980. The molecule has 0 atom stereocenters. The fourth-order valence-corrected chi connectivity index (χ4v) is 2.87. The van der Waals surface area contributed by atoms with Crippen LogP contribution in [0.1, 0.15) is 5.69 Å². The first-order valence-electron chi connectivity index (χ1n) is 6.38. The van der Waals surface area contributed by atoms with Gasteiger partial charge < -0.3 is 10.6 Å². The number of aryl methyl sites for hydroxylation is 1. The number of thiazole rings is 1. The van der Waals surface area contributed by atoms with Crippen molar-refractivity contribution in [2.75, 3.05) is 22.1 Å². The van der Waals surface area contributed by atoms with Gasteiger partial charge in [0.25, 0.3) is 0 Å². The van der Waals surface area contributed by atoms with Crippen molar-refractivity contribution in [3.63, 3.8) is 0 Å². The summed E-state index contributed by atoms with van der Waals surface area (Å²) < 4.78 is 13.4. The highest BCUT2D eigenvalue weighted by molar-refractivity contribution is 8.00. The summed E-state index contributed by atoms with van der Waals surface area (Å²) in [7, 11) is 0. The van der Waals surface area contributed by atoms with E-state index in [1.807, 2.05) is 12.3 Å². The number of nitrogens with zero attached hydrogens (tertiary/aromatic N) is 1. The van der Waals surface area contributed by atoms with Gasteiger partial charge in [-0.2, -0.15) is 0 Å². The van der Waals surface area contributed by atoms with Crippen LogP contribution in [0.2, 0.25) is 0 Å². The van der Waals surface area contributed by atoms with E-state index in [1.54, 1.807) is 12.1 Å². The van der Waals surface area contributed by atoms with E-state index in [4.69, 9.17) is 0 Å². The molecule has 2 amide bonds. The van der Waals surface area contributed by atoms with Crippen molar-refractivity contribution in [1.29, 1.82) is 0 Å². The Bertz CT molecular complexity index is 676. The van der Waals surface area contributed by atoms with Gasteiger partial charge in [-0.25, -0.2) is 9.37 Å². The molecule has 0 fully saturated rings. The maximum absolute atomic E-state index is 13.4. The van der Waals surface area contributed by atoms with Gasteiger partial charge in [0, 0.05) is 5.38 Å². The number of thioether (sulfide) groups is 1. The van der Waals surface area contributed by atoms with Crippen LogP contribution in [0.5, 0.6) is 0 Å². The molecule has 0 aliphatic carbocycles. The van der Waals surface area contributed by atoms with Crippen molar-refractivity contribution < 1.29 is 14.0 Å².